The molecule has 0 fully saturated rings. The number of guanidine groups is 1. The zero-order valence-electron chi connectivity index (χ0n) is 14.2. The van der Waals surface area contributed by atoms with Gasteiger partial charge < -0.3 is 20.5 Å². The number of ether oxygens (including phenoxy) is 2. The average molecular weight is 441 g/mol. The molecule has 0 radical (unpaired) electrons. The summed E-state index contributed by atoms with van der Waals surface area (Å²) in [5.41, 5.74) is 7.94. The summed E-state index contributed by atoms with van der Waals surface area (Å²) in [7, 11) is 1.63. The van der Waals surface area contributed by atoms with Crippen molar-refractivity contribution < 1.29 is 9.47 Å². The van der Waals surface area contributed by atoms with Gasteiger partial charge in [0.2, 0.25) is 0 Å². The number of rotatable bonds is 6. The maximum absolute atomic E-state index is 5.90. The van der Waals surface area contributed by atoms with E-state index in [4.69, 9.17) is 15.2 Å². The van der Waals surface area contributed by atoms with E-state index in [1.165, 1.54) is 5.56 Å². The molecule has 0 spiro atoms. The molecule has 0 aromatic heterocycles. The number of anilines is 1. The molecular weight excluding hydrogens is 417 g/mol. The molecule has 0 saturated heterocycles. The summed E-state index contributed by atoms with van der Waals surface area (Å²) in [6, 6.07) is 15.5. The summed E-state index contributed by atoms with van der Waals surface area (Å²) < 4.78 is 11.0. The van der Waals surface area contributed by atoms with Crippen LogP contribution >= 0.6 is 24.0 Å². The normalized spacial score (nSPS) is 12.0. The Morgan fingerprint density at radius 2 is 1.88 bits per heavy atom. The molecule has 0 aliphatic rings. The van der Waals surface area contributed by atoms with Crippen molar-refractivity contribution in [2.45, 2.75) is 20.0 Å². The molecule has 24 heavy (non-hydrogen) atoms. The van der Waals surface area contributed by atoms with Gasteiger partial charge in [0.05, 0.1) is 13.7 Å². The van der Waals surface area contributed by atoms with Gasteiger partial charge in [0.1, 0.15) is 17.6 Å². The maximum Gasteiger partial charge on any atom is 0.193 e. The second-order valence-corrected chi connectivity index (χ2v) is 5.32. The van der Waals surface area contributed by atoms with Crippen LogP contribution in [0.5, 0.6) is 11.5 Å². The first kappa shape index (κ1) is 20.1. The number of nitrogens with zero attached hydrogens (tertiary/aromatic N) is 1. The Morgan fingerprint density at radius 3 is 2.54 bits per heavy atom. The number of aryl methyl sites for hydroxylation is 1. The number of halogens is 1. The van der Waals surface area contributed by atoms with E-state index in [0.717, 1.165) is 17.2 Å². The van der Waals surface area contributed by atoms with Gasteiger partial charge in [-0.05, 0) is 38.1 Å². The van der Waals surface area contributed by atoms with E-state index in [1.54, 1.807) is 7.11 Å². The van der Waals surface area contributed by atoms with Gasteiger partial charge in [0, 0.05) is 11.8 Å². The SMILES string of the molecule is COc1cccc(NC(N)=NCC(C)Oc2ccc(C)cc2)c1.I. The molecule has 130 valence electrons. The smallest absolute Gasteiger partial charge is 0.193 e. The number of hydrogen-bond acceptors (Lipinski definition) is 3. The van der Waals surface area contributed by atoms with Gasteiger partial charge >= 0.3 is 0 Å². The monoisotopic (exact) mass is 441 g/mol. The van der Waals surface area contributed by atoms with Crippen LogP contribution in [0.4, 0.5) is 5.69 Å². The molecule has 2 aromatic carbocycles. The number of methoxy groups -OCH3 is 1. The topological polar surface area (TPSA) is 68.9 Å². The highest BCUT2D eigenvalue weighted by Gasteiger charge is 2.04. The third-order valence-corrected chi connectivity index (χ3v) is 3.22. The molecule has 2 rings (SSSR count). The van der Waals surface area contributed by atoms with Crippen LogP contribution < -0.4 is 20.5 Å². The first-order valence-electron chi connectivity index (χ1n) is 7.51. The zero-order chi connectivity index (χ0) is 16.7. The summed E-state index contributed by atoms with van der Waals surface area (Å²) in [6.45, 7) is 4.47. The quantitative estimate of drug-likeness (QED) is 0.407. The number of benzene rings is 2. The molecule has 6 heteroatoms. The van der Waals surface area contributed by atoms with Gasteiger partial charge in [0.15, 0.2) is 5.96 Å². The molecule has 0 heterocycles. The third kappa shape index (κ3) is 6.66. The highest BCUT2D eigenvalue weighted by atomic mass is 127. The van der Waals surface area contributed by atoms with Crippen molar-refractivity contribution in [2.24, 2.45) is 10.7 Å². The lowest BCUT2D eigenvalue weighted by atomic mass is 10.2. The van der Waals surface area contributed by atoms with E-state index in [2.05, 4.69) is 10.3 Å². The van der Waals surface area contributed by atoms with E-state index in [9.17, 15) is 0 Å². The van der Waals surface area contributed by atoms with E-state index >= 15 is 0 Å². The van der Waals surface area contributed by atoms with E-state index < -0.39 is 0 Å². The number of nitrogens with one attached hydrogen (secondary N) is 1. The molecule has 0 aliphatic heterocycles. The lowest BCUT2D eigenvalue weighted by Crippen LogP contribution is -2.25. The van der Waals surface area contributed by atoms with Gasteiger partial charge in [-0.1, -0.05) is 23.8 Å². The van der Waals surface area contributed by atoms with Crippen molar-refractivity contribution in [3.8, 4) is 11.5 Å². The van der Waals surface area contributed by atoms with Crippen molar-refractivity contribution in [3.63, 3.8) is 0 Å². The first-order chi connectivity index (χ1) is 11.1. The van der Waals surface area contributed by atoms with E-state index in [-0.39, 0.29) is 30.1 Å². The van der Waals surface area contributed by atoms with Gasteiger partial charge in [-0.25, -0.2) is 4.99 Å². The standard InChI is InChI=1S/C18H23N3O2.HI/c1-13-7-9-16(10-8-13)23-14(2)12-20-18(19)21-15-5-4-6-17(11-15)22-3;/h4-11,14H,12H2,1-3H3,(H3,19,20,21);1H. The third-order valence-electron chi connectivity index (χ3n) is 3.22. The predicted octanol–water partition coefficient (Wildman–Crippen LogP) is 3.82. The molecule has 0 amide bonds. The number of nitrogens with two attached hydrogens (primary N) is 1. The van der Waals surface area contributed by atoms with Crippen LogP contribution in [-0.2, 0) is 0 Å². The molecule has 1 atom stereocenters. The lowest BCUT2D eigenvalue weighted by molar-refractivity contribution is 0.230. The molecule has 0 aliphatic carbocycles. The lowest BCUT2D eigenvalue weighted by Gasteiger charge is -2.13. The Bertz CT molecular complexity index is 660. The Morgan fingerprint density at radius 1 is 1.17 bits per heavy atom. The highest BCUT2D eigenvalue weighted by molar-refractivity contribution is 14.0. The summed E-state index contributed by atoms with van der Waals surface area (Å²) in [5, 5.41) is 3.04. The Hall–Kier alpha value is -1.96. The summed E-state index contributed by atoms with van der Waals surface area (Å²) in [4.78, 5) is 4.31. The first-order valence-corrected chi connectivity index (χ1v) is 7.51. The molecule has 2 aromatic rings. The average Bonchev–Trinajstić information content (AvgIpc) is 2.55. The fourth-order valence-electron chi connectivity index (χ4n) is 2.00. The Kier molecular flexibility index (Phi) is 8.39. The van der Waals surface area contributed by atoms with E-state index in [1.807, 2.05) is 62.4 Å². The number of aliphatic imine (C=N–C) groups is 1. The van der Waals surface area contributed by atoms with Crippen molar-refractivity contribution in [3.05, 3.63) is 54.1 Å². The van der Waals surface area contributed by atoms with E-state index in [0.29, 0.717) is 12.5 Å². The van der Waals surface area contributed by atoms with Gasteiger partial charge in [-0.2, -0.15) is 0 Å². The highest BCUT2D eigenvalue weighted by Crippen LogP contribution is 2.16. The van der Waals surface area contributed by atoms with Crippen LogP contribution in [0, 0.1) is 6.92 Å². The molecule has 1 unspecified atom stereocenters. The molecule has 0 saturated carbocycles. The molecule has 5 nitrogen and oxygen atoms in total. The van der Waals surface area contributed by atoms with Crippen molar-refractivity contribution in [2.75, 3.05) is 19.0 Å². The van der Waals surface area contributed by atoms with Crippen molar-refractivity contribution >= 4 is 35.6 Å². The zero-order valence-corrected chi connectivity index (χ0v) is 16.5. The second kappa shape index (κ2) is 10.0. The molecule has 3 N–H and O–H groups in total. The number of hydrogen-bond donors (Lipinski definition) is 2. The van der Waals surface area contributed by atoms with Crippen molar-refractivity contribution in [1.29, 1.82) is 0 Å². The van der Waals surface area contributed by atoms with Gasteiger partial charge in [-0.15, -0.1) is 24.0 Å². The Balaban J connectivity index is 0.00000288. The molecule has 0 bridgehead atoms. The minimum absolute atomic E-state index is 0. The van der Waals surface area contributed by atoms with Crippen LogP contribution in [0.1, 0.15) is 12.5 Å². The predicted molar refractivity (Wildman–Crippen MR) is 110 cm³/mol. The van der Waals surface area contributed by atoms with Crippen LogP contribution in [-0.4, -0.2) is 25.7 Å². The van der Waals surface area contributed by atoms with Gasteiger partial charge in [-0.3, -0.25) is 0 Å². The molecular formula is C18H24IN3O2. The maximum atomic E-state index is 5.90. The van der Waals surface area contributed by atoms with Crippen LogP contribution in [0.2, 0.25) is 0 Å². The van der Waals surface area contributed by atoms with Crippen molar-refractivity contribution in [1.82, 2.24) is 0 Å². The van der Waals surface area contributed by atoms with Crippen LogP contribution in [0.15, 0.2) is 53.5 Å². The summed E-state index contributed by atoms with van der Waals surface area (Å²) in [6.07, 6.45) is -0.0663. The minimum Gasteiger partial charge on any atom is -0.497 e. The van der Waals surface area contributed by atoms with Crippen LogP contribution in [0.25, 0.3) is 0 Å². The fourth-order valence-corrected chi connectivity index (χ4v) is 2.00. The fraction of sp³-hybridized carbons (Fsp3) is 0.278. The van der Waals surface area contributed by atoms with Crippen LogP contribution in [0.3, 0.4) is 0 Å². The largest absolute Gasteiger partial charge is 0.497 e. The summed E-state index contributed by atoms with van der Waals surface area (Å²) >= 11 is 0. The second-order valence-electron chi connectivity index (χ2n) is 5.32. The Labute approximate surface area is 160 Å². The minimum atomic E-state index is -0.0663. The summed E-state index contributed by atoms with van der Waals surface area (Å²) in [5.74, 6) is 1.94. The van der Waals surface area contributed by atoms with Gasteiger partial charge in [0.25, 0.3) is 0 Å².